The first kappa shape index (κ1) is 13.2. The van der Waals surface area contributed by atoms with Crippen LogP contribution in [0.3, 0.4) is 0 Å². The van der Waals surface area contributed by atoms with Gasteiger partial charge in [0.1, 0.15) is 11.5 Å². The Morgan fingerprint density at radius 1 is 1.00 bits per heavy atom. The number of thiophene rings is 1. The fourth-order valence-corrected chi connectivity index (χ4v) is 4.02. The molecule has 2 N–H and O–H groups in total. The molecule has 0 aliphatic rings. The molecule has 0 saturated heterocycles. The van der Waals surface area contributed by atoms with E-state index in [0.29, 0.717) is 10.0 Å². The van der Waals surface area contributed by atoms with Gasteiger partial charge in [-0.05, 0) is 30.3 Å². The standard InChI is InChI=1S/C16H10N2O2S2/c19-9-5-6-11-13(7-9)22-16(18-11)17-8-14-15(20)10-3-1-2-4-12(10)21-14/h1-8,19-20H. The van der Waals surface area contributed by atoms with Crippen molar-refractivity contribution >= 4 is 54.3 Å². The maximum Gasteiger partial charge on any atom is 0.210 e. The van der Waals surface area contributed by atoms with Gasteiger partial charge >= 0.3 is 0 Å². The molecule has 0 amide bonds. The fraction of sp³-hybridized carbons (Fsp3) is 0. The summed E-state index contributed by atoms with van der Waals surface area (Å²) >= 11 is 2.89. The van der Waals surface area contributed by atoms with Gasteiger partial charge in [0.25, 0.3) is 0 Å². The van der Waals surface area contributed by atoms with Gasteiger partial charge in [0.2, 0.25) is 5.13 Å². The smallest absolute Gasteiger partial charge is 0.210 e. The van der Waals surface area contributed by atoms with Crippen molar-refractivity contribution in [1.29, 1.82) is 0 Å². The lowest BCUT2D eigenvalue weighted by Gasteiger charge is -1.89. The van der Waals surface area contributed by atoms with Gasteiger partial charge in [-0.2, -0.15) is 0 Å². The molecule has 0 radical (unpaired) electrons. The number of hydrogen-bond acceptors (Lipinski definition) is 6. The molecule has 0 saturated carbocycles. The van der Waals surface area contributed by atoms with Crippen molar-refractivity contribution in [3.8, 4) is 11.5 Å². The highest BCUT2D eigenvalue weighted by molar-refractivity contribution is 7.22. The summed E-state index contributed by atoms with van der Waals surface area (Å²) in [7, 11) is 0. The molecular formula is C16H10N2O2S2. The van der Waals surface area contributed by atoms with E-state index in [1.54, 1.807) is 24.4 Å². The van der Waals surface area contributed by atoms with E-state index in [1.165, 1.54) is 22.7 Å². The van der Waals surface area contributed by atoms with Crippen LogP contribution in [0.5, 0.6) is 11.5 Å². The lowest BCUT2D eigenvalue weighted by Crippen LogP contribution is -1.73. The van der Waals surface area contributed by atoms with Crippen LogP contribution < -0.4 is 0 Å². The lowest BCUT2D eigenvalue weighted by atomic mass is 10.2. The molecule has 0 fully saturated rings. The third-order valence-electron chi connectivity index (χ3n) is 3.25. The van der Waals surface area contributed by atoms with Crippen molar-refractivity contribution in [3.05, 3.63) is 47.3 Å². The van der Waals surface area contributed by atoms with Gasteiger partial charge in [0.05, 0.1) is 21.3 Å². The third kappa shape index (κ3) is 2.22. The fourth-order valence-electron chi connectivity index (χ4n) is 2.21. The van der Waals surface area contributed by atoms with Crippen LogP contribution in [0, 0.1) is 0 Å². The Kier molecular flexibility index (Phi) is 3.06. The summed E-state index contributed by atoms with van der Waals surface area (Å²) in [6.45, 7) is 0. The Labute approximate surface area is 133 Å². The summed E-state index contributed by atoms with van der Waals surface area (Å²) in [6.07, 6.45) is 1.64. The number of thiazole rings is 1. The second-order valence-corrected chi connectivity index (χ2v) is 6.81. The number of aromatic hydroxyl groups is 2. The first-order valence-electron chi connectivity index (χ1n) is 6.55. The Hall–Kier alpha value is -2.44. The number of aromatic nitrogens is 1. The molecule has 0 spiro atoms. The number of rotatable bonds is 2. The second kappa shape index (κ2) is 5.08. The zero-order valence-corrected chi connectivity index (χ0v) is 12.9. The Bertz CT molecular complexity index is 1020. The van der Waals surface area contributed by atoms with Gasteiger partial charge in [-0.1, -0.05) is 23.5 Å². The summed E-state index contributed by atoms with van der Waals surface area (Å²) in [4.78, 5) is 9.45. The van der Waals surface area contributed by atoms with Gasteiger partial charge in [0, 0.05) is 10.1 Å². The highest BCUT2D eigenvalue weighted by Gasteiger charge is 2.09. The van der Waals surface area contributed by atoms with Crippen molar-refractivity contribution in [2.75, 3.05) is 0 Å². The molecule has 108 valence electrons. The first-order valence-corrected chi connectivity index (χ1v) is 8.18. The molecule has 4 rings (SSSR count). The van der Waals surface area contributed by atoms with Gasteiger partial charge in [-0.15, -0.1) is 11.3 Å². The summed E-state index contributed by atoms with van der Waals surface area (Å²) in [5.41, 5.74) is 0.801. The van der Waals surface area contributed by atoms with E-state index >= 15 is 0 Å². The zero-order chi connectivity index (χ0) is 15.1. The van der Waals surface area contributed by atoms with Crippen LogP contribution in [0.1, 0.15) is 4.88 Å². The molecule has 4 nitrogen and oxygen atoms in total. The van der Waals surface area contributed by atoms with Crippen LogP contribution >= 0.6 is 22.7 Å². The van der Waals surface area contributed by atoms with Gasteiger partial charge < -0.3 is 10.2 Å². The zero-order valence-electron chi connectivity index (χ0n) is 11.2. The minimum Gasteiger partial charge on any atom is -0.508 e. The van der Waals surface area contributed by atoms with E-state index in [-0.39, 0.29) is 11.5 Å². The predicted molar refractivity (Wildman–Crippen MR) is 92.0 cm³/mol. The molecule has 6 heteroatoms. The lowest BCUT2D eigenvalue weighted by molar-refractivity contribution is 0.476. The minimum atomic E-state index is 0.217. The Morgan fingerprint density at radius 3 is 2.73 bits per heavy atom. The average molecular weight is 326 g/mol. The van der Waals surface area contributed by atoms with Crippen LogP contribution in [0.15, 0.2) is 47.5 Å². The van der Waals surface area contributed by atoms with Crippen LogP contribution in [0.4, 0.5) is 5.13 Å². The number of phenols is 1. The number of benzene rings is 2. The number of nitrogens with zero attached hydrogens (tertiary/aromatic N) is 2. The summed E-state index contributed by atoms with van der Waals surface area (Å²) in [5.74, 6) is 0.469. The van der Waals surface area contributed by atoms with Crippen LogP contribution in [0.25, 0.3) is 20.3 Å². The number of phenolic OH excluding ortho intramolecular Hbond substituents is 1. The van der Waals surface area contributed by atoms with Crippen molar-refractivity contribution < 1.29 is 10.2 Å². The normalized spacial score (nSPS) is 11.8. The summed E-state index contributed by atoms with van der Waals surface area (Å²) in [6, 6.07) is 12.7. The largest absolute Gasteiger partial charge is 0.508 e. The molecule has 0 atom stereocenters. The van der Waals surface area contributed by atoms with E-state index < -0.39 is 0 Å². The predicted octanol–water partition coefficient (Wildman–Crippen LogP) is 4.67. The van der Waals surface area contributed by atoms with E-state index in [0.717, 1.165) is 20.3 Å². The number of aliphatic imine (C=N–C) groups is 1. The molecule has 22 heavy (non-hydrogen) atoms. The SMILES string of the molecule is Oc1ccc2nc(N=Cc3sc4ccccc4c3O)sc2c1. The van der Waals surface area contributed by atoms with Gasteiger partial charge in [-0.25, -0.2) is 9.98 Å². The van der Waals surface area contributed by atoms with E-state index in [2.05, 4.69) is 9.98 Å². The molecule has 2 aromatic heterocycles. The second-order valence-electron chi connectivity index (χ2n) is 4.72. The Morgan fingerprint density at radius 2 is 1.86 bits per heavy atom. The van der Waals surface area contributed by atoms with Crippen LogP contribution in [0.2, 0.25) is 0 Å². The molecule has 0 unspecified atom stereocenters. The molecular weight excluding hydrogens is 316 g/mol. The molecule has 0 bridgehead atoms. The van der Waals surface area contributed by atoms with Crippen LogP contribution in [-0.2, 0) is 0 Å². The van der Waals surface area contributed by atoms with Gasteiger partial charge in [0.15, 0.2) is 0 Å². The van der Waals surface area contributed by atoms with Gasteiger partial charge in [-0.3, -0.25) is 0 Å². The van der Waals surface area contributed by atoms with Crippen molar-refractivity contribution in [3.63, 3.8) is 0 Å². The van der Waals surface area contributed by atoms with Crippen molar-refractivity contribution in [2.24, 2.45) is 4.99 Å². The summed E-state index contributed by atoms with van der Waals surface area (Å²) in [5, 5.41) is 21.1. The molecule has 4 aromatic rings. The summed E-state index contributed by atoms with van der Waals surface area (Å²) < 4.78 is 1.91. The molecule has 0 aliphatic carbocycles. The first-order chi connectivity index (χ1) is 10.7. The quantitative estimate of drug-likeness (QED) is 0.526. The highest BCUT2D eigenvalue weighted by atomic mass is 32.1. The average Bonchev–Trinajstić information content (AvgIpc) is 3.06. The molecule has 2 heterocycles. The minimum absolute atomic E-state index is 0.217. The molecule has 0 aliphatic heterocycles. The Balaban J connectivity index is 1.73. The van der Waals surface area contributed by atoms with E-state index in [9.17, 15) is 10.2 Å². The number of hydrogen-bond donors (Lipinski definition) is 2. The maximum absolute atomic E-state index is 10.2. The highest BCUT2D eigenvalue weighted by Crippen LogP contribution is 2.36. The van der Waals surface area contributed by atoms with E-state index in [1.807, 2.05) is 24.3 Å². The molecule has 2 aromatic carbocycles. The van der Waals surface area contributed by atoms with Crippen molar-refractivity contribution in [1.82, 2.24) is 4.98 Å². The number of fused-ring (bicyclic) bond motifs is 2. The van der Waals surface area contributed by atoms with Crippen LogP contribution in [-0.4, -0.2) is 21.4 Å². The topological polar surface area (TPSA) is 65.7 Å². The third-order valence-corrected chi connectivity index (χ3v) is 5.27. The monoisotopic (exact) mass is 326 g/mol. The van der Waals surface area contributed by atoms with E-state index in [4.69, 9.17) is 0 Å². The van der Waals surface area contributed by atoms with Crippen molar-refractivity contribution in [2.45, 2.75) is 0 Å². The maximum atomic E-state index is 10.2.